The molecule has 4 aliphatic rings. The average Bonchev–Trinajstić information content (AvgIpc) is 3.35. The van der Waals surface area contributed by atoms with Crippen LogP contribution in [0.3, 0.4) is 0 Å². The molecule has 3 heterocycles. The Hall–Kier alpha value is -2.06. The number of hydrogen-bond acceptors (Lipinski definition) is 7. The van der Waals surface area contributed by atoms with Crippen LogP contribution >= 0.6 is 23.1 Å². The molecule has 2 aliphatic heterocycles. The minimum Gasteiger partial charge on any atom is -0.508 e. The van der Waals surface area contributed by atoms with Gasteiger partial charge in [0.25, 0.3) is 0 Å². The lowest BCUT2D eigenvalue weighted by molar-refractivity contribution is -0.154. The first-order valence-corrected chi connectivity index (χ1v) is 10.7. The molecule has 2 aromatic rings. The summed E-state index contributed by atoms with van der Waals surface area (Å²) < 4.78 is 4.97. The standard InChI is InChI=1S/C19H15NO5S2/c21-9-4-2-1-3-6(9)10-11-7-5-8(13-12(7)17(22)25-18(13)23)14(11)26-16-15(10)27-19(24)20-16/h1-4,7-8,10-14,21H,5H2,(H,20,24)/t7-,8+,10-,11+,12+,13+,14-/m0/s1. The summed E-state index contributed by atoms with van der Waals surface area (Å²) in [6.45, 7) is 0. The molecule has 0 radical (unpaired) electrons. The quantitative estimate of drug-likeness (QED) is 0.562. The van der Waals surface area contributed by atoms with Crippen LogP contribution in [0.5, 0.6) is 5.75 Å². The molecule has 0 amide bonds. The molecule has 0 unspecified atom stereocenters. The van der Waals surface area contributed by atoms with Gasteiger partial charge in [-0.2, -0.15) is 0 Å². The van der Waals surface area contributed by atoms with Crippen LogP contribution in [0.1, 0.15) is 22.8 Å². The number of cyclic esters (lactones) is 2. The molecule has 2 N–H and O–H groups in total. The Bertz CT molecular complexity index is 1060. The van der Waals surface area contributed by atoms with Crippen molar-refractivity contribution in [2.45, 2.75) is 22.6 Å². The number of H-pyrrole nitrogens is 1. The number of aromatic nitrogens is 1. The van der Waals surface area contributed by atoms with Crippen LogP contribution in [-0.2, 0) is 14.3 Å². The minimum absolute atomic E-state index is 0.0337. The number of para-hydroxylation sites is 1. The first-order valence-electron chi connectivity index (χ1n) is 8.97. The summed E-state index contributed by atoms with van der Waals surface area (Å²) in [6, 6.07) is 7.20. The number of phenolic OH excluding ortho intramolecular Hbond substituents is 1. The molecule has 1 aromatic heterocycles. The molecule has 6 rings (SSSR count). The summed E-state index contributed by atoms with van der Waals surface area (Å²) >= 11 is 2.80. The Morgan fingerprint density at radius 1 is 1.07 bits per heavy atom. The molecule has 2 aliphatic carbocycles. The molecular formula is C19H15NO5S2. The number of aromatic hydroxyl groups is 1. The summed E-state index contributed by atoms with van der Waals surface area (Å²) in [5.74, 6) is -1.29. The second kappa shape index (κ2) is 5.26. The van der Waals surface area contributed by atoms with Crippen LogP contribution in [-0.4, -0.2) is 27.3 Å². The van der Waals surface area contributed by atoms with E-state index in [0.29, 0.717) is 0 Å². The predicted molar refractivity (Wildman–Crippen MR) is 97.7 cm³/mol. The number of thiazole rings is 1. The van der Waals surface area contributed by atoms with Gasteiger partial charge >= 0.3 is 16.8 Å². The fourth-order valence-corrected chi connectivity index (χ4v) is 8.79. The first kappa shape index (κ1) is 15.9. The molecule has 138 valence electrons. The Morgan fingerprint density at radius 2 is 1.81 bits per heavy atom. The van der Waals surface area contributed by atoms with Gasteiger partial charge in [-0.15, -0.1) is 11.8 Å². The second-order valence-electron chi connectivity index (χ2n) is 7.76. The Kier molecular flexibility index (Phi) is 3.11. The average molecular weight is 401 g/mol. The Balaban J connectivity index is 1.55. The van der Waals surface area contributed by atoms with E-state index in [1.165, 1.54) is 11.3 Å². The van der Waals surface area contributed by atoms with Crippen LogP contribution in [0.25, 0.3) is 0 Å². The smallest absolute Gasteiger partial charge is 0.317 e. The van der Waals surface area contributed by atoms with Gasteiger partial charge in [0.2, 0.25) is 0 Å². The fraction of sp³-hybridized carbons (Fsp3) is 0.421. The lowest BCUT2D eigenvalue weighted by Crippen LogP contribution is -2.42. The van der Waals surface area contributed by atoms with Crippen molar-refractivity contribution in [2.24, 2.45) is 29.6 Å². The summed E-state index contributed by atoms with van der Waals surface area (Å²) in [4.78, 5) is 40.4. The van der Waals surface area contributed by atoms with Gasteiger partial charge in [-0.3, -0.25) is 14.4 Å². The van der Waals surface area contributed by atoms with Crippen LogP contribution in [0, 0.1) is 29.6 Å². The molecule has 2 bridgehead atoms. The second-order valence-corrected chi connectivity index (χ2v) is 9.96. The molecule has 3 fully saturated rings. The van der Waals surface area contributed by atoms with Crippen molar-refractivity contribution in [3.63, 3.8) is 0 Å². The van der Waals surface area contributed by atoms with E-state index in [2.05, 4.69) is 4.98 Å². The van der Waals surface area contributed by atoms with Crippen molar-refractivity contribution in [2.75, 3.05) is 0 Å². The van der Waals surface area contributed by atoms with E-state index in [0.717, 1.165) is 21.9 Å². The normalized spacial score (nSPS) is 38.4. The van der Waals surface area contributed by atoms with Crippen molar-refractivity contribution >= 4 is 35.0 Å². The molecule has 1 saturated heterocycles. The third-order valence-electron chi connectivity index (χ3n) is 6.73. The highest BCUT2D eigenvalue weighted by molar-refractivity contribution is 8.00. The molecule has 6 nitrogen and oxygen atoms in total. The number of ether oxygens (including phenoxy) is 1. The number of hydrogen-bond donors (Lipinski definition) is 2. The summed E-state index contributed by atoms with van der Waals surface area (Å²) in [7, 11) is 0. The number of aromatic amines is 1. The number of fused-ring (bicyclic) bond motifs is 9. The Morgan fingerprint density at radius 3 is 2.59 bits per heavy atom. The molecule has 8 heteroatoms. The number of carbonyl (C=O) groups is 2. The number of nitrogens with one attached hydrogen (secondary N) is 1. The SMILES string of the molecule is O=C1OC(=O)[C@@H]2[C@H]3C[C@H]([C@@H]12)[C@@H]1[C@H](c2ccccc2O)c2sc(=O)[nH]c2S[C@@H]31. The zero-order valence-electron chi connectivity index (χ0n) is 14.0. The van der Waals surface area contributed by atoms with Crippen LogP contribution < -0.4 is 4.87 Å². The molecule has 27 heavy (non-hydrogen) atoms. The highest BCUT2D eigenvalue weighted by atomic mass is 32.2. The van der Waals surface area contributed by atoms with Crippen molar-refractivity contribution < 1.29 is 19.4 Å². The number of thioether (sulfide) groups is 1. The van der Waals surface area contributed by atoms with Gasteiger partial charge < -0.3 is 14.8 Å². The highest BCUT2D eigenvalue weighted by Crippen LogP contribution is 2.68. The van der Waals surface area contributed by atoms with Crippen molar-refractivity contribution in [3.8, 4) is 5.75 Å². The van der Waals surface area contributed by atoms with Gasteiger partial charge in [0.05, 0.1) is 16.9 Å². The first-order chi connectivity index (χ1) is 13.0. The Labute approximate surface area is 161 Å². The third-order valence-corrected chi connectivity index (χ3v) is 9.32. The van der Waals surface area contributed by atoms with Gasteiger partial charge in [0, 0.05) is 21.6 Å². The number of rotatable bonds is 1. The molecule has 2 saturated carbocycles. The van der Waals surface area contributed by atoms with Crippen LogP contribution in [0.15, 0.2) is 34.1 Å². The minimum atomic E-state index is -0.398. The summed E-state index contributed by atoms with van der Waals surface area (Å²) in [5.41, 5.74) is 0.783. The fourth-order valence-electron chi connectivity index (χ4n) is 5.91. The highest BCUT2D eigenvalue weighted by Gasteiger charge is 2.69. The maximum absolute atomic E-state index is 12.3. The maximum Gasteiger partial charge on any atom is 0.317 e. The maximum atomic E-state index is 12.3. The largest absolute Gasteiger partial charge is 0.508 e. The van der Waals surface area contributed by atoms with E-state index in [9.17, 15) is 19.5 Å². The topological polar surface area (TPSA) is 96.5 Å². The molecule has 0 spiro atoms. The van der Waals surface area contributed by atoms with E-state index in [1.807, 2.05) is 12.1 Å². The number of phenols is 1. The number of benzene rings is 1. The number of carbonyl (C=O) groups excluding carboxylic acids is 2. The van der Waals surface area contributed by atoms with Gasteiger partial charge in [0.1, 0.15) is 5.75 Å². The van der Waals surface area contributed by atoms with Crippen LogP contribution in [0.4, 0.5) is 0 Å². The van der Waals surface area contributed by atoms with E-state index in [4.69, 9.17) is 4.74 Å². The lowest BCUT2D eigenvalue weighted by atomic mass is 9.68. The molecule has 7 atom stereocenters. The lowest BCUT2D eigenvalue weighted by Gasteiger charge is -2.42. The summed E-state index contributed by atoms with van der Waals surface area (Å²) in [6.07, 6.45) is 0.821. The van der Waals surface area contributed by atoms with E-state index < -0.39 is 5.97 Å². The zero-order chi connectivity index (χ0) is 18.4. The van der Waals surface area contributed by atoms with Gasteiger partial charge in [-0.25, -0.2) is 0 Å². The van der Waals surface area contributed by atoms with Gasteiger partial charge in [-0.1, -0.05) is 29.5 Å². The monoisotopic (exact) mass is 401 g/mol. The van der Waals surface area contributed by atoms with E-state index >= 15 is 0 Å². The molecular weight excluding hydrogens is 386 g/mol. The van der Waals surface area contributed by atoms with Crippen molar-refractivity contribution in [1.82, 2.24) is 4.98 Å². The zero-order valence-corrected chi connectivity index (χ0v) is 15.6. The van der Waals surface area contributed by atoms with Gasteiger partial charge in [0.15, 0.2) is 0 Å². The van der Waals surface area contributed by atoms with Gasteiger partial charge in [-0.05, 0) is 30.2 Å². The van der Waals surface area contributed by atoms with Crippen molar-refractivity contribution in [1.29, 1.82) is 0 Å². The van der Waals surface area contributed by atoms with Crippen LogP contribution in [0.2, 0.25) is 0 Å². The molecule has 1 aromatic carbocycles. The van der Waals surface area contributed by atoms with E-state index in [1.54, 1.807) is 23.9 Å². The summed E-state index contributed by atoms with van der Waals surface area (Å²) in [5, 5.41) is 11.5. The predicted octanol–water partition coefficient (Wildman–Crippen LogP) is 2.33. The third kappa shape index (κ3) is 1.95. The van der Waals surface area contributed by atoms with Crippen molar-refractivity contribution in [3.05, 3.63) is 44.4 Å². The van der Waals surface area contributed by atoms with E-state index in [-0.39, 0.29) is 57.3 Å². The number of esters is 2.